The second-order valence-corrected chi connectivity index (χ2v) is 7.99. The summed E-state index contributed by atoms with van der Waals surface area (Å²) in [5, 5.41) is 0. The van der Waals surface area contributed by atoms with E-state index in [0.717, 1.165) is 16.7 Å². The number of anilines is 1. The zero-order valence-electron chi connectivity index (χ0n) is 12.5. The van der Waals surface area contributed by atoms with Crippen molar-refractivity contribution in [2.75, 3.05) is 11.4 Å². The van der Waals surface area contributed by atoms with Crippen molar-refractivity contribution >= 4 is 31.6 Å². The zero-order valence-corrected chi connectivity index (χ0v) is 14.9. The van der Waals surface area contributed by atoms with Crippen molar-refractivity contribution in [3.63, 3.8) is 0 Å². The van der Waals surface area contributed by atoms with E-state index in [0.29, 0.717) is 10.2 Å². The van der Waals surface area contributed by atoms with Crippen molar-refractivity contribution in [3.8, 4) is 0 Å². The van der Waals surface area contributed by atoms with Gasteiger partial charge in [-0.15, -0.1) is 0 Å². The van der Waals surface area contributed by atoms with Gasteiger partial charge in [-0.25, -0.2) is 8.42 Å². The molecule has 0 atom stereocenters. The van der Waals surface area contributed by atoms with Crippen molar-refractivity contribution in [1.29, 1.82) is 0 Å². The first kappa shape index (κ1) is 16.0. The average Bonchev–Trinajstić information content (AvgIpc) is 2.37. The van der Waals surface area contributed by atoms with Crippen LogP contribution >= 0.6 is 15.9 Å². The van der Waals surface area contributed by atoms with Crippen molar-refractivity contribution in [3.05, 3.63) is 57.6 Å². The first-order valence-electron chi connectivity index (χ1n) is 6.56. The Hall–Kier alpha value is -1.33. The largest absolute Gasteiger partial charge is 0.269 e. The van der Waals surface area contributed by atoms with Crippen LogP contribution in [0.1, 0.15) is 16.7 Å². The first-order valence-corrected chi connectivity index (χ1v) is 8.79. The van der Waals surface area contributed by atoms with E-state index < -0.39 is 10.0 Å². The van der Waals surface area contributed by atoms with E-state index in [1.807, 2.05) is 45.0 Å². The number of sulfonamides is 1. The molecule has 0 radical (unpaired) electrons. The summed E-state index contributed by atoms with van der Waals surface area (Å²) in [6, 6.07) is 11.0. The number of halogens is 1. The molecule has 0 aliphatic heterocycles. The Labute approximate surface area is 134 Å². The lowest BCUT2D eigenvalue weighted by atomic mass is 10.1. The van der Waals surface area contributed by atoms with Gasteiger partial charge in [0.25, 0.3) is 10.0 Å². The third kappa shape index (κ3) is 3.14. The Morgan fingerprint density at radius 2 is 1.52 bits per heavy atom. The molecule has 2 aromatic carbocycles. The molecule has 2 aromatic rings. The van der Waals surface area contributed by atoms with Crippen LogP contribution in [-0.2, 0) is 10.0 Å². The lowest BCUT2D eigenvalue weighted by Gasteiger charge is -2.22. The topological polar surface area (TPSA) is 37.4 Å². The second-order valence-electron chi connectivity index (χ2n) is 5.20. The van der Waals surface area contributed by atoms with Gasteiger partial charge in [-0.3, -0.25) is 4.31 Å². The Balaban J connectivity index is 2.52. The molecule has 0 heterocycles. The Kier molecular flexibility index (Phi) is 4.44. The highest BCUT2D eigenvalue weighted by atomic mass is 79.9. The predicted molar refractivity (Wildman–Crippen MR) is 90.4 cm³/mol. The summed E-state index contributed by atoms with van der Waals surface area (Å²) in [7, 11) is -2.01. The number of benzene rings is 2. The van der Waals surface area contributed by atoms with Gasteiger partial charge in [0.2, 0.25) is 0 Å². The number of rotatable bonds is 3. The van der Waals surface area contributed by atoms with Crippen LogP contribution in [0.15, 0.2) is 45.8 Å². The van der Waals surface area contributed by atoms with E-state index in [-0.39, 0.29) is 4.90 Å². The SMILES string of the molecule is Cc1ccc(N(C)S(=O)(=O)c2ccc(C)cc2Br)c(C)c1. The van der Waals surface area contributed by atoms with Crippen LogP contribution in [0.25, 0.3) is 0 Å². The van der Waals surface area contributed by atoms with Crippen LogP contribution in [0.4, 0.5) is 5.69 Å². The lowest BCUT2D eigenvalue weighted by molar-refractivity contribution is 0.594. The second kappa shape index (κ2) is 5.81. The van der Waals surface area contributed by atoms with Crippen LogP contribution < -0.4 is 4.31 Å². The molecule has 0 aromatic heterocycles. The summed E-state index contributed by atoms with van der Waals surface area (Å²) < 4.78 is 27.5. The molecule has 0 bridgehead atoms. The molecule has 0 unspecified atom stereocenters. The molecule has 0 fully saturated rings. The normalized spacial score (nSPS) is 11.5. The predicted octanol–water partition coefficient (Wildman–Crippen LogP) is 4.20. The van der Waals surface area contributed by atoms with Gasteiger partial charge in [0.1, 0.15) is 4.90 Å². The molecule has 2 rings (SSSR count). The number of aryl methyl sites for hydroxylation is 3. The Morgan fingerprint density at radius 3 is 2.10 bits per heavy atom. The average molecular weight is 368 g/mol. The third-order valence-corrected chi connectivity index (χ3v) is 6.17. The van der Waals surface area contributed by atoms with Gasteiger partial charge >= 0.3 is 0 Å². The molecule has 5 heteroatoms. The van der Waals surface area contributed by atoms with Gasteiger partial charge in [-0.2, -0.15) is 0 Å². The molecule has 0 saturated carbocycles. The maximum Gasteiger partial charge on any atom is 0.265 e. The van der Waals surface area contributed by atoms with Gasteiger partial charge < -0.3 is 0 Å². The van der Waals surface area contributed by atoms with E-state index in [1.165, 1.54) is 4.31 Å². The molecule has 0 amide bonds. The minimum Gasteiger partial charge on any atom is -0.269 e. The number of hydrogen-bond donors (Lipinski definition) is 0. The molecular formula is C16H18BrNO2S. The Morgan fingerprint density at radius 1 is 0.952 bits per heavy atom. The first-order chi connectivity index (χ1) is 9.73. The lowest BCUT2D eigenvalue weighted by Crippen LogP contribution is -2.27. The molecule has 0 aliphatic carbocycles. The van der Waals surface area contributed by atoms with E-state index in [9.17, 15) is 8.42 Å². The summed E-state index contributed by atoms with van der Waals surface area (Å²) in [6.45, 7) is 5.83. The molecule has 0 N–H and O–H groups in total. The molecule has 0 aliphatic rings. The van der Waals surface area contributed by atoms with Crippen LogP contribution in [-0.4, -0.2) is 15.5 Å². The molecule has 0 spiro atoms. The highest BCUT2D eigenvalue weighted by molar-refractivity contribution is 9.10. The zero-order chi connectivity index (χ0) is 15.8. The molecule has 3 nitrogen and oxygen atoms in total. The molecule has 0 saturated heterocycles. The summed E-state index contributed by atoms with van der Waals surface area (Å²) in [4.78, 5) is 0.274. The molecular weight excluding hydrogens is 350 g/mol. The number of nitrogens with zero attached hydrogens (tertiary/aromatic N) is 1. The molecule has 112 valence electrons. The van der Waals surface area contributed by atoms with Gasteiger partial charge in [0.15, 0.2) is 0 Å². The van der Waals surface area contributed by atoms with Crippen LogP contribution in [0.3, 0.4) is 0 Å². The smallest absolute Gasteiger partial charge is 0.265 e. The van der Waals surface area contributed by atoms with Crippen molar-refractivity contribution in [2.24, 2.45) is 0 Å². The van der Waals surface area contributed by atoms with E-state index in [4.69, 9.17) is 0 Å². The maximum atomic E-state index is 12.8. The monoisotopic (exact) mass is 367 g/mol. The van der Waals surface area contributed by atoms with E-state index >= 15 is 0 Å². The van der Waals surface area contributed by atoms with Gasteiger partial charge in [-0.1, -0.05) is 23.8 Å². The van der Waals surface area contributed by atoms with E-state index in [1.54, 1.807) is 19.2 Å². The summed E-state index contributed by atoms with van der Waals surface area (Å²) >= 11 is 3.35. The fourth-order valence-electron chi connectivity index (χ4n) is 2.25. The fourth-order valence-corrected chi connectivity index (χ4v) is 4.66. The van der Waals surface area contributed by atoms with Gasteiger partial charge in [0.05, 0.1) is 5.69 Å². The van der Waals surface area contributed by atoms with Gasteiger partial charge in [0, 0.05) is 11.5 Å². The molecule has 21 heavy (non-hydrogen) atoms. The highest BCUT2D eigenvalue weighted by Gasteiger charge is 2.24. The Bertz CT molecular complexity index is 785. The maximum absolute atomic E-state index is 12.8. The third-order valence-electron chi connectivity index (χ3n) is 3.42. The van der Waals surface area contributed by atoms with Crippen LogP contribution in [0.2, 0.25) is 0 Å². The quantitative estimate of drug-likeness (QED) is 0.814. The van der Waals surface area contributed by atoms with E-state index in [2.05, 4.69) is 15.9 Å². The standard InChI is InChI=1S/C16H18BrNO2S/c1-11-5-7-15(13(3)9-11)18(4)21(19,20)16-8-6-12(2)10-14(16)17/h5-10H,1-4H3. The van der Waals surface area contributed by atoms with Crippen molar-refractivity contribution < 1.29 is 8.42 Å². The van der Waals surface area contributed by atoms with Crippen molar-refractivity contribution in [1.82, 2.24) is 0 Å². The minimum absolute atomic E-state index is 0.274. The van der Waals surface area contributed by atoms with Crippen LogP contribution in [0.5, 0.6) is 0 Å². The fraction of sp³-hybridized carbons (Fsp3) is 0.250. The van der Waals surface area contributed by atoms with Crippen LogP contribution in [0, 0.1) is 20.8 Å². The summed E-state index contributed by atoms with van der Waals surface area (Å²) in [5.74, 6) is 0. The summed E-state index contributed by atoms with van der Waals surface area (Å²) in [6.07, 6.45) is 0. The minimum atomic E-state index is -3.59. The number of hydrogen-bond acceptors (Lipinski definition) is 2. The highest BCUT2D eigenvalue weighted by Crippen LogP contribution is 2.30. The van der Waals surface area contributed by atoms with Gasteiger partial charge in [-0.05, 0) is 66.0 Å². The summed E-state index contributed by atoms with van der Waals surface area (Å²) in [5.41, 5.74) is 3.74. The van der Waals surface area contributed by atoms with Crippen molar-refractivity contribution in [2.45, 2.75) is 25.7 Å².